The molecule has 1 aliphatic rings. The smallest absolute Gasteiger partial charge is 0.137 e. The summed E-state index contributed by atoms with van der Waals surface area (Å²) in [6.45, 7) is 28.1. The topological polar surface area (TPSA) is 35.2 Å². The first-order valence-electron chi connectivity index (χ1n) is 28.8. The molecule has 0 bridgehead atoms. The third-order valence-corrected chi connectivity index (χ3v) is 16.9. The number of fused-ring (bicyclic) bond motifs is 10. The molecule has 5 heteroatoms. The fourth-order valence-corrected chi connectivity index (χ4v) is 12.3. The monoisotopic (exact) mass is 1060 g/mol. The van der Waals surface area contributed by atoms with E-state index in [1.165, 1.54) is 93.2 Å². The second-order valence-corrected chi connectivity index (χ2v) is 26.6. The maximum Gasteiger partial charge on any atom is 0.137 e. The van der Waals surface area contributed by atoms with E-state index in [2.05, 4.69) is 297 Å². The normalized spacial score (nSPS) is 13.1. The Hall–Kier alpha value is -8.67. The number of rotatable bonds is 6. The zero-order valence-electron chi connectivity index (χ0n) is 49.0. The number of pyridine rings is 1. The highest BCUT2D eigenvalue weighted by atomic mass is 16.5. The van der Waals surface area contributed by atoms with Crippen LogP contribution in [-0.4, -0.2) is 14.1 Å². The average molecular weight is 1060 g/mol. The lowest BCUT2D eigenvalue weighted by atomic mass is 9.82. The average Bonchev–Trinajstić information content (AvgIpc) is 4.26. The molecule has 5 nitrogen and oxygen atoms in total. The standard InChI is InChI=1S/C76H72N4O/c1-73(2,3)51-33-31-48(32-34-51)49-39-50(41-53(40-49)75(7,8)9)58-26-19-27-65-61-23-15-13-21-59(61)60-22-14-16-24-62(60)66-28-20-30-68-72(66)79(71(58)65)47-78(68)55-42-54(76(10,11)12)43-57(45-55)81-56-35-36-64-63-25-17-18-29-67(63)80(69(64)46-56)70-44-52(37-38-77-70)74(4,5)6/h13-46H,47H2,1-12H3. The van der Waals surface area contributed by atoms with Gasteiger partial charge in [-0.25, -0.2) is 4.98 Å². The molecule has 9 aromatic carbocycles. The summed E-state index contributed by atoms with van der Waals surface area (Å²) in [6, 6.07) is 74.7. The van der Waals surface area contributed by atoms with Crippen LogP contribution in [0.25, 0.3) is 93.2 Å². The maximum absolute atomic E-state index is 7.18. The summed E-state index contributed by atoms with van der Waals surface area (Å²) in [6.07, 6.45) is 1.94. The van der Waals surface area contributed by atoms with Crippen LogP contribution in [0.3, 0.4) is 0 Å². The number of nitrogens with zero attached hydrogens (tertiary/aromatic N) is 4. The molecule has 0 saturated carbocycles. The number of hydrogen-bond acceptors (Lipinski definition) is 3. The van der Waals surface area contributed by atoms with Crippen LogP contribution < -0.4 is 9.64 Å². The largest absolute Gasteiger partial charge is 0.457 e. The quantitative estimate of drug-likeness (QED) is 0.166. The van der Waals surface area contributed by atoms with Crippen molar-refractivity contribution in [2.75, 3.05) is 4.90 Å². The molecule has 0 unspecified atom stereocenters. The molecule has 12 aromatic rings. The maximum atomic E-state index is 7.18. The summed E-state index contributed by atoms with van der Waals surface area (Å²) >= 11 is 0. The molecule has 0 amide bonds. The molecule has 0 N–H and O–H groups in total. The van der Waals surface area contributed by atoms with E-state index in [0.717, 1.165) is 45.1 Å². The molecule has 13 rings (SSSR count). The van der Waals surface area contributed by atoms with Gasteiger partial charge in [0.2, 0.25) is 0 Å². The van der Waals surface area contributed by atoms with Gasteiger partial charge in [-0.15, -0.1) is 0 Å². The zero-order chi connectivity index (χ0) is 56.3. The minimum absolute atomic E-state index is 0.0338. The Labute approximate surface area is 477 Å². The summed E-state index contributed by atoms with van der Waals surface area (Å²) in [7, 11) is 0. The van der Waals surface area contributed by atoms with Gasteiger partial charge in [-0.3, -0.25) is 4.57 Å². The second kappa shape index (κ2) is 19.0. The Bertz CT molecular complexity index is 4560. The predicted octanol–water partition coefficient (Wildman–Crippen LogP) is 21.1. The van der Waals surface area contributed by atoms with Gasteiger partial charge in [-0.2, -0.15) is 0 Å². The van der Waals surface area contributed by atoms with Crippen molar-refractivity contribution < 1.29 is 4.74 Å². The lowest BCUT2D eigenvalue weighted by Gasteiger charge is -2.26. The Morgan fingerprint density at radius 3 is 1.58 bits per heavy atom. The molecule has 4 heterocycles. The fourth-order valence-electron chi connectivity index (χ4n) is 12.3. The van der Waals surface area contributed by atoms with E-state index in [-0.39, 0.29) is 21.7 Å². The fraction of sp³-hybridized carbons (Fsp3) is 0.224. The van der Waals surface area contributed by atoms with Crippen molar-refractivity contribution >= 4 is 76.5 Å². The summed E-state index contributed by atoms with van der Waals surface area (Å²) in [4.78, 5) is 7.49. The third kappa shape index (κ3) is 9.17. The van der Waals surface area contributed by atoms with Gasteiger partial charge in [-0.1, -0.05) is 217 Å². The van der Waals surface area contributed by atoms with Crippen molar-refractivity contribution in [3.05, 3.63) is 229 Å². The number of aromatic nitrogens is 3. The van der Waals surface area contributed by atoms with Crippen molar-refractivity contribution in [1.82, 2.24) is 14.1 Å². The first kappa shape index (κ1) is 51.7. The van der Waals surface area contributed by atoms with Gasteiger partial charge in [0.15, 0.2) is 0 Å². The molecule has 3 aromatic heterocycles. The van der Waals surface area contributed by atoms with Crippen molar-refractivity contribution in [3.8, 4) is 39.6 Å². The summed E-state index contributed by atoms with van der Waals surface area (Å²) in [5, 5.41) is 9.58. The number of para-hydroxylation sites is 3. The molecule has 0 radical (unpaired) electrons. The third-order valence-electron chi connectivity index (χ3n) is 16.9. The zero-order valence-corrected chi connectivity index (χ0v) is 49.0. The first-order valence-corrected chi connectivity index (χ1v) is 28.8. The van der Waals surface area contributed by atoms with E-state index in [1.54, 1.807) is 0 Å². The van der Waals surface area contributed by atoms with Crippen molar-refractivity contribution in [2.45, 2.75) is 111 Å². The van der Waals surface area contributed by atoms with Crippen LogP contribution >= 0.6 is 0 Å². The molecule has 0 fully saturated rings. The van der Waals surface area contributed by atoms with Crippen molar-refractivity contribution in [2.24, 2.45) is 0 Å². The van der Waals surface area contributed by atoms with Gasteiger partial charge in [0.1, 0.15) is 24.0 Å². The minimum Gasteiger partial charge on any atom is -0.457 e. The highest BCUT2D eigenvalue weighted by Crippen LogP contribution is 2.47. The van der Waals surface area contributed by atoms with Crippen LogP contribution in [0.5, 0.6) is 11.5 Å². The highest BCUT2D eigenvalue weighted by molar-refractivity contribution is 6.22. The van der Waals surface area contributed by atoms with Crippen molar-refractivity contribution in [1.29, 1.82) is 0 Å². The Morgan fingerprint density at radius 1 is 0.370 bits per heavy atom. The molecule has 0 spiro atoms. The highest BCUT2D eigenvalue weighted by Gasteiger charge is 2.29. The number of ether oxygens (including phenoxy) is 1. The molecule has 1 aliphatic heterocycles. The summed E-state index contributed by atoms with van der Waals surface area (Å²) < 4.78 is 12.1. The molecular weight excluding hydrogens is 985 g/mol. The van der Waals surface area contributed by atoms with E-state index >= 15 is 0 Å². The predicted molar refractivity (Wildman–Crippen MR) is 345 cm³/mol. The Morgan fingerprint density at radius 2 is 0.926 bits per heavy atom. The molecule has 0 atom stereocenters. The van der Waals surface area contributed by atoms with Crippen LogP contribution in [0.15, 0.2) is 206 Å². The first-order chi connectivity index (χ1) is 38.7. The van der Waals surface area contributed by atoms with Crippen LogP contribution in [-0.2, 0) is 28.3 Å². The molecule has 0 saturated heterocycles. The number of anilines is 2. The summed E-state index contributed by atoms with van der Waals surface area (Å²) in [5.74, 6) is 2.44. The lowest BCUT2D eigenvalue weighted by molar-refractivity contribution is 0.479. The van der Waals surface area contributed by atoms with Crippen molar-refractivity contribution in [3.63, 3.8) is 0 Å². The molecule has 0 aliphatic carbocycles. The number of hydrogen-bond donors (Lipinski definition) is 0. The Balaban J connectivity index is 1.03. The van der Waals surface area contributed by atoms with E-state index in [1.807, 2.05) is 6.20 Å². The second-order valence-electron chi connectivity index (χ2n) is 26.6. The van der Waals surface area contributed by atoms with E-state index < -0.39 is 0 Å². The van der Waals surface area contributed by atoms with Gasteiger partial charge in [0.25, 0.3) is 0 Å². The van der Waals surface area contributed by atoms with E-state index in [4.69, 9.17) is 9.72 Å². The molecule has 402 valence electrons. The number of benzene rings is 9. The molecule has 81 heavy (non-hydrogen) atoms. The van der Waals surface area contributed by atoms with Crippen LogP contribution in [0.1, 0.15) is 105 Å². The van der Waals surface area contributed by atoms with Crippen LogP contribution in [0.2, 0.25) is 0 Å². The van der Waals surface area contributed by atoms with Crippen LogP contribution in [0.4, 0.5) is 11.4 Å². The van der Waals surface area contributed by atoms with Gasteiger partial charge in [-0.05, 0) is 137 Å². The minimum atomic E-state index is -0.190. The van der Waals surface area contributed by atoms with E-state index in [9.17, 15) is 0 Å². The van der Waals surface area contributed by atoms with Gasteiger partial charge >= 0.3 is 0 Å². The molecular formula is C76H72N4O. The summed E-state index contributed by atoms with van der Waals surface area (Å²) in [5.41, 5.74) is 16.3. The van der Waals surface area contributed by atoms with Crippen LogP contribution in [0, 0.1) is 0 Å². The van der Waals surface area contributed by atoms with E-state index in [0.29, 0.717) is 6.67 Å². The van der Waals surface area contributed by atoms with Gasteiger partial charge in [0.05, 0.1) is 27.8 Å². The van der Waals surface area contributed by atoms with Gasteiger partial charge in [0, 0.05) is 51.1 Å². The lowest BCUT2D eigenvalue weighted by Crippen LogP contribution is -2.17. The SMILES string of the molecule is CC(C)(C)c1ccc(-c2cc(-c3cccc4c5ccccc5c5ccccc5c5cccc6c5n(c34)CN6c3cc(Oc4ccc5c6ccccc6n(-c6cc(C(C)(C)C)ccn6)c5c4)cc(C(C)(C)C)c3)cc(C(C)(C)C)c2)cc1. The van der Waals surface area contributed by atoms with Gasteiger partial charge < -0.3 is 14.2 Å². The Kier molecular flexibility index (Phi) is 12.1.